The van der Waals surface area contributed by atoms with Crippen LogP contribution in [0.2, 0.25) is 0 Å². The quantitative estimate of drug-likeness (QED) is 0.846. The molecule has 0 saturated carbocycles. The van der Waals surface area contributed by atoms with Crippen LogP contribution in [0.25, 0.3) is 10.8 Å². The second-order valence-electron chi connectivity index (χ2n) is 4.38. The highest BCUT2D eigenvalue weighted by molar-refractivity contribution is 5.83. The summed E-state index contributed by atoms with van der Waals surface area (Å²) in [6, 6.07) is 14.4. The molecule has 18 heavy (non-hydrogen) atoms. The molecule has 0 heterocycles. The van der Waals surface area contributed by atoms with Gasteiger partial charge in [-0.15, -0.1) is 0 Å². The van der Waals surface area contributed by atoms with Crippen molar-refractivity contribution in [1.82, 2.24) is 4.90 Å². The zero-order valence-electron chi connectivity index (χ0n) is 10.7. The topological polar surface area (TPSA) is 32.7 Å². The van der Waals surface area contributed by atoms with Crippen LogP contribution < -0.4 is 4.74 Å². The van der Waals surface area contributed by atoms with Crippen molar-refractivity contribution < 1.29 is 9.84 Å². The van der Waals surface area contributed by atoms with Gasteiger partial charge in [-0.2, -0.15) is 0 Å². The molecule has 2 rings (SSSR count). The van der Waals surface area contributed by atoms with Crippen molar-refractivity contribution >= 4 is 10.8 Å². The van der Waals surface area contributed by atoms with E-state index in [4.69, 9.17) is 9.84 Å². The van der Waals surface area contributed by atoms with Crippen LogP contribution in [0.15, 0.2) is 42.5 Å². The minimum Gasteiger partial charge on any atom is -0.492 e. The maximum atomic E-state index is 8.79. The second kappa shape index (κ2) is 6.38. The molecule has 3 nitrogen and oxygen atoms in total. The first-order valence-electron chi connectivity index (χ1n) is 6.20. The van der Waals surface area contributed by atoms with Crippen LogP contribution in [-0.2, 0) is 0 Å². The number of fused-ring (bicyclic) bond motifs is 1. The van der Waals surface area contributed by atoms with Crippen molar-refractivity contribution in [2.45, 2.75) is 0 Å². The summed E-state index contributed by atoms with van der Waals surface area (Å²) in [4.78, 5) is 2.04. The van der Waals surface area contributed by atoms with Gasteiger partial charge in [-0.05, 0) is 30.0 Å². The van der Waals surface area contributed by atoms with Gasteiger partial charge in [0, 0.05) is 13.1 Å². The summed E-state index contributed by atoms with van der Waals surface area (Å²) < 4.78 is 5.71. The Hall–Kier alpha value is -1.58. The van der Waals surface area contributed by atoms with E-state index in [1.165, 1.54) is 10.8 Å². The van der Waals surface area contributed by atoms with Crippen LogP contribution in [-0.4, -0.2) is 43.4 Å². The molecule has 0 aliphatic carbocycles. The van der Waals surface area contributed by atoms with Gasteiger partial charge in [0.1, 0.15) is 12.4 Å². The van der Waals surface area contributed by atoms with Crippen molar-refractivity contribution in [1.29, 1.82) is 0 Å². The van der Waals surface area contributed by atoms with Gasteiger partial charge in [-0.1, -0.05) is 30.3 Å². The fraction of sp³-hybridized carbons (Fsp3) is 0.333. The summed E-state index contributed by atoms with van der Waals surface area (Å²) in [6.07, 6.45) is 0. The average Bonchev–Trinajstić information content (AvgIpc) is 2.39. The minimum atomic E-state index is 0.187. The second-order valence-corrected chi connectivity index (χ2v) is 4.38. The van der Waals surface area contributed by atoms with E-state index in [1.54, 1.807) is 0 Å². The third-order valence-electron chi connectivity index (χ3n) is 2.94. The Labute approximate surface area is 108 Å². The number of benzene rings is 2. The zero-order chi connectivity index (χ0) is 12.8. The van der Waals surface area contributed by atoms with Gasteiger partial charge in [0.15, 0.2) is 0 Å². The molecule has 0 aromatic heterocycles. The fourth-order valence-corrected chi connectivity index (χ4v) is 1.86. The predicted octanol–water partition coefficient (Wildman–Crippen LogP) is 2.14. The van der Waals surface area contributed by atoms with E-state index in [0.717, 1.165) is 12.3 Å². The first-order valence-corrected chi connectivity index (χ1v) is 6.20. The van der Waals surface area contributed by atoms with Gasteiger partial charge in [0.2, 0.25) is 0 Å². The van der Waals surface area contributed by atoms with Crippen molar-refractivity contribution in [3.63, 3.8) is 0 Å². The Balaban J connectivity index is 1.91. The summed E-state index contributed by atoms with van der Waals surface area (Å²) in [5, 5.41) is 11.2. The number of nitrogens with zero attached hydrogens (tertiary/aromatic N) is 1. The first-order chi connectivity index (χ1) is 8.79. The van der Waals surface area contributed by atoms with Crippen molar-refractivity contribution in [2.75, 3.05) is 33.4 Å². The van der Waals surface area contributed by atoms with E-state index in [-0.39, 0.29) is 6.61 Å². The number of likely N-dealkylation sites (N-methyl/N-ethyl adjacent to an activating group) is 1. The predicted molar refractivity (Wildman–Crippen MR) is 74.0 cm³/mol. The monoisotopic (exact) mass is 245 g/mol. The van der Waals surface area contributed by atoms with Crippen LogP contribution in [0.3, 0.4) is 0 Å². The summed E-state index contributed by atoms with van der Waals surface area (Å²) in [6.45, 7) is 2.32. The lowest BCUT2D eigenvalue weighted by Crippen LogP contribution is -2.27. The largest absolute Gasteiger partial charge is 0.492 e. The molecule has 0 radical (unpaired) electrons. The van der Waals surface area contributed by atoms with E-state index < -0.39 is 0 Å². The molecule has 96 valence electrons. The molecule has 2 aromatic rings. The molecule has 0 bridgehead atoms. The van der Waals surface area contributed by atoms with Gasteiger partial charge in [0.25, 0.3) is 0 Å². The van der Waals surface area contributed by atoms with E-state index in [1.807, 2.05) is 30.1 Å². The lowest BCUT2D eigenvalue weighted by molar-refractivity contribution is 0.192. The third kappa shape index (κ3) is 3.45. The molecular formula is C15H19NO2. The smallest absolute Gasteiger partial charge is 0.120 e. The lowest BCUT2D eigenvalue weighted by Gasteiger charge is -2.15. The fourth-order valence-electron chi connectivity index (χ4n) is 1.86. The summed E-state index contributed by atoms with van der Waals surface area (Å²) in [7, 11) is 1.97. The standard InChI is InChI=1S/C15H19NO2/c1-16(8-10-17)9-11-18-15-7-6-13-4-2-3-5-14(13)12-15/h2-7,12,17H,8-11H2,1H3. The Bertz CT molecular complexity index is 499. The molecule has 0 fully saturated rings. The molecule has 0 spiro atoms. The molecule has 0 atom stereocenters. The van der Waals surface area contributed by atoms with E-state index in [9.17, 15) is 0 Å². The highest BCUT2D eigenvalue weighted by Gasteiger charge is 1.99. The number of ether oxygens (including phenoxy) is 1. The van der Waals surface area contributed by atoms with Crippen molar-refractivity contribution in [3.05, 3.63) is 42.5 Å². The summed E-state index contributed by atoms with van der Waals surface area (Å²) >= 11 is 0. The number of hydrogen-bond donors (Lipinski definition) is 1. The molecule has 0 saturated heterocycles. The van der Waals surface area contributed by atoms with Gasteiger partial charge >= 0.3 is 0 Å². The maximum Gasteiger partial charge on any atom is 0.120 e. The maximum absolute atomic E-state index is 8.79. The van der Waals surface area contributed by atoms with E-state index >= 15 is 0 Å². The molecule has 0 unspecified atom stereocenters. The highest BCUT2D eigenvalue weighted by Crippen LogP contribution is 2.20. The molecule has 0 aliphatic heterocycles. The van der Waals surface area contributed by atoms with Gasteiger partial charge in [0.05, 0.1) is 6.61 Å². The molecule has 1 N–H and O–H groups in total. The number of aliphatic hydroxyl groups is 1. The Morgan fingerprint density at radius 3 is 2.61 bits per heavy atom. The normalized spacial score (nSPS) is 11.1. The molecule has 2 aromatic carbocycles. The Kier molecular flexibility index (Phi) is 4.56. The average molecular weight is 245 g/mol. The molecule has 0 aliphatic rings. The zero-order valence-corrected chi connectivity index (χ0v) is 10.7. The lowest BCUT2D eigenvalue weighted by atomic mass is 10.1. The third-order valence-corrected chi connectivity index (χ3v) is 2.94. The van der Waals surface area contributed by atoms with Crippen molar-refractivity contribution in [3.8, 4) is 5.75 Å². The molecule has 3 heteroatoms. The van der Waals surface area contributed by atoms with Crippen molar-refractivity contribution in [2.24, 2.45) is 0 Å². The Morgan fingerprint density at radius 2 is 1.83 bits per heavy atom. The number of aliphatic hydroxyl groups excluding tert-OH is 1. The van der Waals surface area contributed by atoms with E-state index in [0.29, 0.717) is 13.2 Å². The summed E-state index contributed by atoms with van der Waals surface area (Å²) in [5.41, 5.74) is 0. The number of rotatable bonds is 6. The Morgan fingerprint density at radius 1 is 1.06 bits per heavy atom. The highest BCUT2D eigenvalue weighted by atomic mass is 16.5. The van der Waals surface area contributed by atoms with Gasteiger partial charge in [-0.3, -0.25) is 0 Å². The minimum absolute atomic E-state index is 0.187. The molecular weight excluding hydrogens is 226 g/mol. The van der Waals surface area contributed by atoms with Crippen LogP contribution in [0, 0.1) is 0 Å². The summed E-state index contributed by atoms with van der Waals surface area (Å²) in [5.74, 6) is 0.895. The first kappa shape index (κ1) is 12.9. The van der Waals surface area contributed by atoms with Crippen LogP contribution in [0.4, 0.5) is 0 Å². The van der Waals surface area contributed by atoms with Crippen LogP contribution in [0.1, 0.15) is 0 Å². The number of hydrogen-bond acceptors (Lipinski definition) is 3. The molecule has 0 amide bonds. The van der Waals surface area contributed by atoms with E-state index in [2.05, 4.69) is 24.3 Å². The van der Waals surface area contributed by atoms with Gasteiger partial charge < -0.3 is 14.7 Å². The SMILES string of the molecule is CN(CCO)CCOc1ccc2ccccc2c1. The van der Waals surface area contributed by atoms with Crippen LogP contribution in [0.5, 0.6) is 5.75 Å². The van der Waals surface area contributed by atoms with Gasteiger partial charge in [-0.25, -0.2) is 0 Å². The van der Waals surface area contributed by atoms with Crippen LogP contribution >= 0.6 is 0 Å².